The van der Waals surface area contributed by atoms with Gasteiger partial charge in [0.05, 0.1) is 18.3 Å². The average molecular weight is 480 g/mol. The van der Waals surface area contributed by atoms with E-state index in [0.717, 1.165) is 16.7 Å². The van der Waals surface area contributed by atoms with E-state index in [4.69, 9.17) is 10.3 Å². The molecule has 0 spiro atoms. The van der Waals surface area contributed by atoms with Crippen molar-refractivity contribution in [3.8, 4) is 0 Å². The number of H-pyrrole nitrogens is 1. The van der Waals surface area contributed by atoms with Crippen molar-refractivity contribution >= 4 is 43.0 Å². The Morgan fingerprint density at radius 1 is 1.55 bits per heavy atom. The largest absolute Gasteiger partial charge is 1.00 e. The summed E-state index contributed by atoms with van der Waals surface area (Å²) in [5, 5.41) is 23.5. The number of hydrogen-bond donors (Lipinski definition) is 2. The van der Waals surface area contributed by atoms with Crippen LogP contribution in [0.15, 0.2) is 16.4 Å². The first-order valence-electron chi connectivity index (χ1n) is 7.74. The molecular formula is C12H15N6Na2O6PS2. The van der Waals surface area contributed by atoms with E-state index in [1.54, 1.807) is 0 Å². The molecule has 1 aromatic rings. The minimum absolute atomic E-state index is 0. The van der Waals surface area contributed by atoms with Crippen molar-refractivity contribution < 1.29 is 87.8 Å². The molecule has 2 unspecified atom stereocenters. The number of thioether (sulfide) groups is 2. The molecule has 148 valence electrons. The third-order valence-electron chi connectivity index (χ3n) is 3.92. The maximum Gasteiger partial charge on any atom is 1.00 e. The summed E-state index contributed by atoms with van der Waals surface area (Å²) in [6.07, 6.45) is -0.502. The zero-order chi connectivity index (χ0) is 19.8. The van der Waals surface area contributed by atoms with Crippen LogP contribution in [0.2, 0.25) is 0 Å². The zero-order valence-corrected chi connectivity index (χ0v) is 22.5. The second-order valence-electron chi connectivity index (χ2n) is 5.62. The monoisotopic (exact) mass is 480 g/mol. The van der Waals surface area contributed by atoms with Crippen molar-refractivity contribution in [2.24, 2.45) is 5.73 Å². The minimum Gasteiger partial charge on any atom is -0.778 e. The Kier molecular flexibility index (Phi) is 10.9. The van der Waals surface area contributed by atoms with E-state index < -0.39 is 42.3 Å². The summed E-state index contributed by atoms with van der Waals surface area (Å²) in [7, 11) is -4.27. The third kappa shape index (κ3) is 6.08. The van der Waals surface area contributed by atoms with E-state index >= 15 is 0 Å². The summed E-state index contributed by atoms with van der Waals surface area (Å²) < 4.78 is 17.0. The van der Waals surface area contributed by atoms with Crippen LogP contribution >= 0.6 is 31.1 Å². The van der Waals surface area contributed by atoms with E-state index in [-0.39, 0.29) is 87.9 Å². The van der Waals surface area contributed by atoms with E-state index in [2.05, 4.69) is 20.6 Å². The van der Waals surface area contributed by atoms with Crippen LogP contribution in [0.4, 0.5) is 0 Å². The molecule has 0 aliphatic carbocycles. The molecule has 3 rings (SSSR count). The van der Waals surface area contributed by atoms with Gasteiger partial charge in [0.2, 0.25) is 11.1 Å². The molecule has 3 heterocycles. The number of rotatable bonds is 8. The predicted molar refractivity (Wildman–Crippen MR) is 91.0 cm³/mol. The fraction of sp³-hybridized carbons (Fsp3) is 0.583. The average Bonchev–Trinajstić information content (AvgIpc) is 3.11. The number of aromatic amines is 1. The van der Waals surface area contributed by atoms with Crippen LogP contribution in [0.1, 0.15) is 6.92 Å². The quantitative estimate of drug-likeness (QED) is 0.155. The molecule has 0 radical (unpaired) electrons. The Bertz CT molecular complexity index is 830. The summed E-state index contributed by atoms with van der Waals surface area (Å²) in [5.41, 5.74) is 5.57. The number of carbonyl (C=O) groups excluding carboxylic acids is 2. The number of hydrogen-bond acceptors (Lipinski definition) is 12. The molecule has 2 aliphatic heterocycles. The second kappa shape index (κ2) is 11.4. The molecule has 3 N–H and O–H groups in total. The second-order valence-corrected chi connectivity index (χ2v) is 9.76. The number of fused-ring (bicyclic) bond motifs is 1. The maximum atomic E-state index is 12.2. The Labute approximate surface area is 218 Å². The number of carbonyl (C=O) groups is 2. The van der Waals surface area contributed by atoms with Gasteiger partial charge < -0.3 is 29.6 Å². The number of β-lactam (4-membered cyclic amide) rings is 1. The molecule has 0 aromatic carbocycles. The topological polar surface area (TPSA) is 190 Å². The predicted octanol–water partition coefficient (Wildman–Crippen LogP) is -8.50. The van der Waals surface area contributed by atoms with Gasteiger partial charge in [0, 0.05) is 17.2 Å². The number of nitrogens with zero attached hydrogens (tertiary/aromatic N) is 4. The number of aromatic nitrogens is 4. The van der Waals surface area contributed by atoms with Gasteiger partial charge in [-0.05, 0) is 22.9 Å². The minimum atomic E-state index is -4.27. The molecule has 1 aromatic heterocycles. The molecule has 29 heavy (non-hydrogen) atoms. The smallest absolute Gasteiger partial charge is 0.778 e. The molecule has 0 bridgehead atoms. The van der Waals surface area contributed by atoms with Gasteiger partial charge in [-0.3, -0.25) is 9.69 Å². The number of nitrogens with two attached hydrogens (primary N) is 1. The summed E-state index contributed by atoms with van der Waals surface area (Å²) in [5.74, 6) is -1.96. The number of nitrogens with one attached hydrogen (secondary N) is 1. The summed E-state index contributed by atoms with van der Waals surface area (Å²) in [4.78, 5) is 37.1. The van der Waals surface area contributed by atoms with Gasteiger partial charge in [0.25, 0.3) is 0 Å². The Morgan fingerprint density at radius 2 is 2.24 bits per heavy atom. The number of tetrazole rings is 1. The van der Waals surface area contributed by atoms with Crippen molar-refractivity contribution in [3.05, 3.63) is 11.3 Å². The molecular weight excluding hydrogens is 465 g/mol. The first-order valence-corrected chi connectivity index (χ1v) is 11.4. The Morgan fingerprint density at radius 3 is 2.79 bits per heavy atom. The summed E-state index contributed by atoms with van der Waals surface area (Å²) in [6, 6.07) is -0.801. The Balaban J connectivity index is 0.00000210. The van der Waals surface area contributed by atoms with Gasteiger partial charge in [0.1, 0.15) is 19.0 Å². The number of aliphatic carboxylic acids is 1. The van der Waals surface area contributed by atoms with Crippen LogP contribution in [-0.2, 0) is 18.7 Å². The molecule has 2 aliphatic rings. The van der Waals surface area contributed by atoms with Crippen LogP contribution in [-0.4, -0.2) is 72.6 Å². The first-order chi connectivity index (χ1) is 12.7. The number of carboxylic acid groups (broad SMARTS) is 1. The molecule has 1 amide bonds. The van der Waals surface area contributed by atoms with Crippen LogP contribution in [0.3, 0.4) is 0 Å². The van der Waals surface area contributed by atoms with Crippen molar-refractivity contribution in [2.75, 3.05) is 18.5 Å². The summed E-state index contributed by atoms with van der Waals surface area (Å²) >= 11 is 2.19. The Hall–Kier alpha value is 0.560. The van der Waals surface area contributed by atoms with E-state index in [9.17, 15) is 24.2 Å². The third-order valence-corrected chi connectivity index (χ3v) is 8.08. The molecule has 0 saturated carbocycles. The van der Waals surface area contributed by atoms with E-state index in [1.807, 2.05) is 0 Å². The van der Waals surface area contributed by atoms with Crippen molar-refractivity contribution in [2.45, 2.75) is 28.7 Å². The fourth-order valence-electron chi connectivity index (χ4n) is 2.78. The van der Waals surface area contributed by atoms with Crippen molar-refractivity contribution in [3.63, 3.8) is 0 Å². The van der Waals surface area contributed by atoms with Gasteiger partial charge in [-0.2, -0.15) is 0 Å². The first kappa shape index (κ1) is 27.6. The van der Waals surface area contributed by atoms with Gasteiger partial charge >= 0.3 is 59.1 Å². The molecule has 12 nitrogen and oxygen atoms in total. The van der Waals surface area contributed by atoms with E-state index in [1.165, 1.54) is 18.7 Å². The standard InChI is InChI=1S/C12H17N6O6PS2.2Na/c1-2-24-25(22,23)3-6(27-12-14-16-17-15-12)5-4-26-10-7(13)9(19)18(10)8(5)11(20)21;;/h6-7,10H,2-4,13H2,1H3,(H,20,21)(H,22,23)(H,14,15,16,17);;/q;2*+1/p-2/t6?,7-,10+;;/m1../s1. The van der Waals surface area contributed by atoms with Gasteiger partial charge in [-0.25, -0.2) is 5.10 Å². The van der Waals surface area contributed by atoms with Gasteiger partial charge in [0.15, 0.2) is 0 Å². The van der Waals surface area contributed by atoms with Gasteiger partial charge in [-0.1, -0.05) is 11.8 Å². The van der Waals surface area contributed by atoms with Crippen LogP contribution in [0.5, 0.6) is 0 Å². The van der Waals surface area contributed by atoms with Gasteiger partial charge in [-0.15, -0.1) is 16.9 Å². The van der Waals surface area contributed by atoms with Crippen LogP contribution in [0, 0.1) is 0 Å². The van der Waals surface area contributed by atoms with Crippen LogP contribution in [0.25, 0.3) is 0 Å². The van der Waals surface area contributed by atoms with Crippen molar-refractivity contribution in [1.29, 1.82) is 0 Å². The molecule has 4 atom stereocenters. The maximum absolute atomic E-state index is 12.2. The zero-order valence-electron chi connectivity index (χ0n) is 15.9. The molecule has 17 heteroatoms. The molecule has 1 saturated heterocycles. The fourth-order valence-corrected chi connectivity index (χ4v) is 7.01. The number of amides is 1. The normalized spacial score (nSPS) is 23.8. The summed E-state index contributed by atoms with van der Waals surface area (Å²) in [6.45, 7) is 1.48. The SMILES string of the molecule is CCOP(=O)([O-])CC(Sc1nnn[nH]1)C1=C(C(=O)[O-])N2C(=O)[C@@H](N)[C@@H]2SC1.[Na+].[Na+]. The number of carboxylic acids is 1. The van der Waals surface area contributed by atoms with Crippen molar-refractivity contribution in [1.82, 2.24) is 25.5 Å². The van der Waals surface area contributed by atoms with E-state index in [0.29, 0.717) is 0 Å². The molecule has 1 fully saturated rings. The van der Waals surface area contributed by atoms with Crippen LogP contribution < -0.4 is 74.8 Å².